The summed E-state index contributed by atoms with van der Waals surface area (Å²) in [6, 6.07) is 7.81. The fourth-order valence-electron chi connectivity index (χ4n) is 1.84. The van der Waals surface area contributed by atoms with Gasteiger partial charge in [-0.05, 0) is 29.7 Å². The lowest BCUT2D eigenvalue weighted by atomic mass is 10.1. The number of hydrogen-bond acceptors (Lipinski definition) is 3. The molecule has 0 unspecified atom stereocenters. The number of carbonyl (C=O) groups excluding carboxylic acids is 1. The molecule has 0 N–H and O–H groups in total. The maximum absolute atomic E-state index is 11.3. The van der Waals surface area contributed by atoms with E-state index in [1.807, 2.05) is 30.5 Å². The van der Waals surface area contributed by atoms with E-state index in [1.165, 1.54) is 7.11 Å². The molecule has 0 aliphatic carbocycles. The quantitative estimate of drug-likeness (QED) is 0.787. The lowest BCUT2D eigenvalue weighted by Gasteiger charge is -2.09. The highest BCUT2D eigenvalue weighted by molar-refractivity contribution is 5.76. The van der Waals surface area contributed by atoms with Crippen LogP contribution in [0, 0.1) is 0 Å². The van der Waals surface area contributed by atoms with Crippen LogP contribution in [0.25, 0.3) is 5.57 Å². The van der Waals surface area contributed by atoms with Gasteiger partial charge in [0.1, 0.15) is 5.75 Å². The van der Waals surface area contributed by atoms with Crippen molar-refractivity contribution in [2.24, 2.45) is 0 Å². The highest BCUT2D eigenvalue weighted by atomic mass is 16.5. The summed E-state index contributed by atoms with van der Waals surface area (Å²) in [4.78, 5) is 12.9. The summed E-state index contributed by atoms with van der Waals surface area (Å²) in [5.74, 6) is 0.831. The topological polar surface area (TPSA) is 38.8 Å². The van der Waals surface area contributed by atoms with Gasteiger partial charge in [0.25, 0.3) is 0 Å². The molecule has 0 saturated heterocycles. The molecule has 1 aromatic rings. The van der Waals surface area contributed by atoms with Crippen molar-refractivity contribution in [3.05, 3.63) is 36.0 Å². The molecule has 0 aromatic heterocycles. The molecule has 4 nitrogen and oxygen atoms in total. The number of methoxy groups -OCH3 is 2. The van der Waals surface area contributed by atoms with Gasteiger partial charge in [-0.2, -0.15) is 0 Å². The lowest BCUT2D eigenvalue weighted by molar-refractivity contribution is 0.143. The minimum atomic E-state index is -0.312. The largest absolute Gasteiger partial charge is 0.497 e. The van der Waals surface area contributed by atoms with E-state index in [0.29, 0.717) is 6.54 Å². The zero-order valence-electron chi connectivity index (χ0n) is 9.97. The number of benzene rings is 1. The van der Waals surface area contributed by atoms with Crippen molar-refractivity contribution in [1.82, 2.24) is 4.90 Å². The molecule has 1 amide bonds. The van der Waals surface area contributed by atoms with Crippen LogP contribution in [0.3, 0.4) is 0 Å². The summed E-state index contributed by atoms with van der Waals surface area (Å²) in [5.41, 5.74) is 2.25. The lowest BCUT2D eigenvalue weighted by Crippen LogP contribution is -2.22. The first kappa shape index (κ1) is 11.5. The van der Waals surface area contributed by atoms with Crippen molar-refractivity contribution < 1.29 is 14.3 Å². The molecular formula is C13H15NO3. The fourth-order valence-corrected chi connectivity index (χ4v) is 1.84. The van der Waals surface area contributed by atoms with Crippen molar-refractivity contribution >= 4 is 11.7 Å². The van der Waals surface area contributed by atoms with Gasteiger partial charge in [-0.25, -0.2) is 4.79 Å². The fraction of sp³-hybridized carbons (Fsp3) is 0.308. The Morgan fingerprint density at radius 1 is 1.24 bits per heavy atom. The molecule has 4 heteroatoms. The average molecular weight is 233 g/mol. The Morgan fingerprint density at radius 2 is 1.94 bits per heavy atom. The molecule has 1 aliphatic rings. The third-order valence-corrected chi connectivity index (χ3v) is 2.80. The highest BCUT2D eigenvalue weighted by Crippen LogP contribution is 2.26. The first-order chi connectivity index (χ1) is 8.24. The second-order valence-corrected chi connectivity index (χ2v) is 3.80. The van der Waals surface area contributed by atoms with Crippen molar-refractivity contribution in [2.45, 2.75) is 6.42 Å². The summed E-state index contributed by atoms with van der Waals surface area (Å²) in [5, 5.41) is 0. The van der Waals surface area contributed by atoms with E-state index in [9.17, 15) is 4.79 Å². The predicted octanol–water partition coefficient (Wildman–Crippen LogP) is 2.51. The van der Waals surface area contributed by atoms with Crippen molar-refractivity contribution in [1.29, 1.82) is 0 Å². The number of rotatable bonds is 2. The molecule has 1 heterocycles. The van der Waals surface area contributed by atoms with Crippen LogP contribution in [-0.2, 0) is 4.74 Å². The number of ether oxygens (including phenoxy) is 2. The normalized spacial score (nSPS) is 14.5. The van der Waals surface area contributed by atoms with Crippen LogP contribution in [0.15, 0.2) is 30.5 Å². The third kappa shape index (κ3) is 2.41. The van der Waals surface area contributed by atoms with Gasteiger partial charge in [-0.3, -0.25) is 4.90 Å². The number of nitrogens with zero attached hydrogens (tertiary/aromatic N) is 1. The Kier molecular flexibility index (Phi) is 3.32. The maximum Gasteiger partial charge on any atom is 0.413 e. The van der Waals surface area contributed by atoms with Crippen LogP contribution >= 0.6 is 0 Å². The van der Waals surface area contributed by atoms with E-state index in [4.69, 9.17) is 4.74 Å². The van der Waals surface area contributed by atoms with Crippen LogP contribution < -0.4 is 4.74 Å². The summed E-state index contributed by atoms with van der Waals surface area (Å²) >= 11 is 0. The Labute approximate surface area is 100 Å². The van der Waals surface area contributed by atoms with E-state index in [-0.39, 0.29) is 6.09 Å². The van der Waals surface area contributed by atoms with Crippen LogP contribution in [0.1, 0.15) is 12.0 Å². The number of amides is 1. The molecule has 0 bridgehead atoms. The number of carbonyl (C=O) groups is 1. The first-order valence-corrected chi connectivity index (χ1v) is 5.44. The van der Waals surface area contributed by atoms with Crippen molar-refractivity contribution in [2.75, 3.05) is 20.8 Å². The Hall–Kier alpha value is -1.97. The second-order valence-electron chi connectivity index (χ2n) is 3.80. The van der Waals surface area contributed by atoms with E-state index in [2.05, 4.69) is 4.74 Å². The van der Waals surface area contributed by atoms with Gasteiger partial charge in [-0.1, -0.05) is 12.1 Å². The standard InChI is InChI=1S/C13H15NO3/c1-16-12-5-3-10(4-6-12)11-7-8-14(9-11)13(15)17-2/h3-6,9H,7-8H2,1-2H3. The van der Waals surface area contributed by atoms with E-state index in [1.54, 1.807) is 12.0 Å². The molecule has 17 heavy (non-hydrogen) atoms. The molecule has 1 aromatic carbocycles. The third-order valence-electron chi connectivity index (χ3n) is 2.80. The van der Waals surface area contributed by atoms with Gasteiger partial charge < -0.3 is 9.47 Å². The smallest absolute Gasteiger partial charge is 0.413 e. The summed E-state index contributed by atoms with van der Waals surface area (Å²) in [6.07, 6.45) is 2.38. The molecule has 0 radical (unpaired) electrons. The van der Waals surface area contributed by atoms with Gasteiger partial charge in [0, 0.05) is 12.7 Å². The molecule has 2 rings (SSSR count). The Bertz CT molecular complexity index is 436. The summed E-state index contributed by atoms with van der Waals surface area (Å²) in [6.45, 7) is 0.675. The van der Waals surface area contributed by atoms with E-state index < -0.39 is 0 Å². The zero-order chi connectivity index (χ0) is 12.3. The summed E-state index contributed by atoms with van der Waals surface area (Å²) in [7, 11) is 3.03. The Balaban J connectivity index is 2.15. The summed E-state index contributed by atoms with van der Waals surface area (Å²) < 4.78 is 9.78. The zero-order valence-corrected chi connectivity index (χ0v) is 9.97. The SMILES string of the molecule is COC(=O)N1C=C(c2ccc(OC)cc2)CC1. The molecular weight excluding hydrogens is 218 g/mol. The molecule has 90 valence electrons. The first-order valence-electron chi connectivity index (χ1n) is 5.44. The molecule has 0 fully saturated rings. The monoisotopic (exact) mass is 233 g/mol. The van der Waals surface area contributed by atoms with Crippen molar-refractivity contribution in [3.8, 4) is 5.75 Å². The van der Waals surface area contributed by atoms with Gasteiger partial charge in [0.15, 0.2) is 0 Å². The van der Waals surface area contributed by atoms with Gasteiger partial charge in [0.05, 0.1) is 14.2 Å². The number of hydrogen-bond donors (Lipinski definition) is 0. The van der Waals surface area contributed by atoms with E-state index in [0.717, 1.165) is 23.3 Å². The predicted molar refractivity (Wildman–Crippen MR) is 64.7 cm³/mol. The molecule has 0 spiro atoms. The van der Waals surface area contributed by atoms with Crippen molar-refractivity contribution in [3.63, 3.8) is 0 Å². The molecule has 0 saturated carbocycles. The maximum atomic E-state index is 11.3. The van der Waals surface area contributed by atoms with E-state index >= 15 is 0 Å². The van der Waals surface area contributed by atoms with Crippen LogP contribution in [0.5, 0.6) is 5.75 Å². The van der Waals surface area contributed by atoms with Crippen LogP contribution in [-0.4, -0.2) is 31.8 Å². The minimum absolute atomic E-state index is 0.312. The minimum Gasteiger partial charge on any atom is -0.497 e. The van der Waals surface area contributed by atoms with Gasteiger partial charge in [0.2, 0.25) is 0 Å². The average Bonchev–Trinajstić information content (AvgIpc) is 2.87. The molecule has 1 aliphatic heterocycles. The van der Waals surface area contributed by atoms with Gasteiger partial charge in [-0.15, -0.1) is 0 Å². The molecule has 0 atom stereocenters. The second kappa shape index (κ2) is 4.91. The Morgan fingerprint density at radius 3 is 2.53 bits per heavy atom. The van der Waals surface area contributed by atoms with Gasteiger partial charge >= 0.3 is 6.09 Å². The highest BCUT2D eigenvalue weighted by Gasteiger charge is 2.19. The van der Waals surface area contributed by atoms with Crippen LogP contribution in [0.4, 0.5) is 4.79 Å². The van der Waals surface area contributed by atoms with Crippen LogP contribution in [0.2, 0.25) is 0 Å².